The van der Waals surface area contributed by atoms with Gasteiger partial charge in [-0.1, -0.05) is 23.4 Å². The maximum atomic E-state index is 12.0. The lowest BCUT2D eigenvalue weighted by Gasteiger charge is -2.11. The maximum Gasteiger partial charge on any atom is 0.244 e. The third-order valence-electron chi connectivity index (χ3n) is 3.29. The van der Waals surface area contributed by atoms with Crippen LogP contribution in [0.5, 0.6) is 5.75 Å². The van der Waals surface area contributed by atoms with E-state index in [1.807, 2.05) is 30.3 Å². The summed E-state index contributed by atoms with van der Waals surface area (Å²) >= 11 is 0. The molecule has 0 radical (unpaired) electrons. The van der Waals surface area contributed by atoms with E-state index in [2.05, 4.69) is 15.6 Å². The summed E-state index contributed by atoms with van der Waals surface area (Å²) in [6.45, 7) is 3.29. The van der Waals surface area contributed by atoms with Gasteiger partial charge in [-0.3, -0.25) is 4.79 Å². The average Bonchev–Trinajstić information content (AvgIpc) is 3.06. The van der Waals surface area contributed by atoms with Crippen molar-refractivity contribution in [3.05, 3.63) is 42.2 Å². The summed E-state index contributed by atoms with van der Waals surface area (Å²) in [6, 6.07) is 9.07. The standard InChI is InChI=1S/C16H22N4O3/c1-13(16(21)17-9-6-10-22-2)20-11-14(18-19-20)12-23-15-7-4-3-5-8-15/h3-5,7-8,11,13H,6,9-10,12H2,1-2H3,(H,17,21)/t13-/m1/s1. The fourth-order valence-electron chi connectivity index (χ4n) is 1.94. The van der Waals surface area contributed by atoms with Crippen LogP contribution in [0.2, 0.25) is 0 Å². The molecule has 0 bridgehead atoms. The topological polar surface area (TPSA) is 78.3 Å². The monoisotopic (exact) mass is 318 g/mol. The zero-order valence-corrected chi connectivity index (χ0v) is 13.4. The van der Waals surface area contributed by atoms with Gasteiger partial charge in [-0.15, -0.1) is 5.10 Å². The van der Waals surface area contributed by atoms with Gasteiger partial charge in [-0.05, 0) is 25.5 Å². The number of nitrogens with zero attached hydrogens (tertiary/aromatic N) is 3. The lowest BCUT2D eigenvalue weighted by Crippen LogP contribution is -2.32. The summed E-state index contributed by atoms with van der Waals surface area (Å²) in [4.78, 5) is 12.0. The van der Waals surface area contributed by atoms with Gasteiger partial charge in [0.25, 0.3) is 0 Å². The summed E-state index contributed by atoms with van der Waals surface area (Å²) in [5.74, 6) is 0.674. The first-order valence-electron chi connectivity index (χ1n) is 7.56. The molecule has 124 valence electrons. The molecule has 7 heteroatoms. The highest BCUT2D eigenvalue weighted by atomic mass is 16.5. The van der Waals surface area contributed by atoms with Gasteiger partial charge >= 0.3 is 0 Å². The summed E-state index contributed by atoms with van der Waals surface area (Å²) < 4.78 is 12.1. The fraction of sp³-hybridized carbons (Fsp3) is 0.438. The molecule has 7 nitrogen and oxygen atoms in total. The van der Waals surface area contributed by atoms with E-state index in [1.165, 1.54) is 4.68 Å². The number of hydrogen-bond donors (Lipinski definition) is 1. The summed E-state index contributed by atoms with van der Waals surface area (Å²) in [5.41, 5.74) is 0.674. The highest BCUT2D eigenvalue weighted by Gasteiger charge is 2.16. The molecule has 0 aliphatic heterocycles. The van der Waals surface area contributed by atoms with E-state index in [1.54, 1.807) is 20.2 Å². The average molecular weight is 318 g/mol. The van der Waals surface area contributed by atoms with Gasteiger partial charge in [-0.2, -0.15) is 0 Å². The number of amides is 1. The number of aromatic nitrogens is 3. The Morgan fingerprint density at radius 1 is 1.35 bits per heavy atom. The van der Waals surface area contributed by atoms with Gasteiger partial charge in [0.1, 0.15) is 24.1 Å². The number of hydrogen-bond acceptors (Lipinski definition) is 5. The second kappa shape index (κ2) is 8.89. The highest BCUT2D eigenvalue weighted by Crippen LogP contribution is 2.11. The van der Waals surface area contributed by atoms with E-state index < -0.39 is 6.04 Å². The maximum absolute atomic E-state index is 12.0. The van der Waals surface area contributed by atoms with Crippen molar-refractivity contribution in [2.24, 2.45) is 0 Å². The van der Waals surface area contributed by atoms with Crippen LogP contribution in [0.1, 0.15) is 25.1 Å². The minimum Gasteiger partial charge on any atom is -0.487 e. The Bertz CT molecular complexity index is 600. The number of nitrogens with one attached hydrogen (secondary N) is 1. The van der Waals surface area contributed by atoms with Gasteiger partial charge in [0, 0.05) is 20.3 Å². The van der Waals surface area contributed by atoms with E-state index in [0.29, 0.717) is 25.5 Å². The molecule has 0 saturated heterocycles. The summed E-state index contributed by atoms with van der Waals surface area (Å²) in [7, 11) is 1.64. The molecule has 0 unspecified atom stereocenters. The van der Waals surface area contributed by atoms with E-state index in [9.17, 15) is 4.79 Å². The molecule has 1 N–H and O–H groups in total. The molecule has 23 heavy (non-hydrogen) atoms. The summed E-state index contributed by atoms with van der Waals surface area (Å²) in [6.07, 6.45) is 2.50. The molecule has 1 aromatic heterocycles. The Morgan fingerprint density at radius 2 is 2.13 bits per heavy atom. The molecule has 1 aromatic carbocycles. The zero-order valence-electron chi connectivity index (χ0n) is 13.4. The lowest BCUT2D eigenvalue weighted by atomic mass is 10.3. The molecule has 1 amide bonds. The fourth-order valence-corrected chi connectivity index (χ4v) is 1.94. The number of carbonyl (C=O) groups excluding carboxylic acids is 1. The molecule has 1 atom stereocenters. The Kier molecular flexibility index (Phi) is 6.56. The smallest absolute Gasteiger partial charge is 0.244 e. The molecular formula is C16H22N4O3. The van der Waals surface area contributed by atoms with Crippen LogP contribution in [0.3, 0.4) is 0 Å². The number of carbonyl (C=O) groups is 1. The zero-order chi connectivity index (χ0) is 16.5. The molecule has 2 rings (SSSR count). The van der Waals surface area contributed by atoms with Crippen LogP contribution in [0.4, 0.5) is 0 Å². The van der Waals surface area contributed by atoms with Crippen LogP contribution in [0.25, 0.3) is 0 Å². The Morgan fingerprint density at radius 3 is 2.87 bits per heavy atom. The third kappa shape index (κ3) is 5.37. The molecule has 0 aliphatic rings. The minimum atomic E-state index is -0.421. The van der Waals surface area contributed by atoms with Crippen molar-refractivity contribution in [2.75, 3.05) is 20.3 Å². The number of benzene rings is 1. The first-order valence-corrected chi connectivity index (χ1v) is 7.56. The van der Waals surface area contributed by atoms with Crippen LogP contribution in [-0.4, -0.2) is 41.2 Å². The molecule has 1 heterocycles. The summed E-state index contributed by atoms with van der Waals surface area (Å²) in [5, 5.41) is 10.9. The molecule has 0 spiro atoms. The second-order valence-electron chi connectivity index (χ2n) is 5.10. The van der Waals surface area contributed by atoms with Gasteiger partial charge < -0.3 is 14.8 Å². The number of rotatable bonds is 9. The highest BCUT2D eigenvalue weighted by molar-refractivity contribution is 5.79. The van der Waals surface area contributed by atoms with Crippen molar-refractivity contribution in [1.29, 1.82) is 0 Å². The largest absolute Gasteiger partial charge is 0.487 e. The third-order valence-corrected chi connectivity index (χ3v) is 3.29. The van der Waals surface area contributed by atoms with Crippen molar-refractivity contribution in [2.45, 2.75) is 26.0 Å². The predicted octanol–water partition coefficient (Wildman–Crippen LogP) is 1.57. The molecular weight excluding hydrogens is 296 g/mol. The van der Waals surface area contributed by atoms with Crippen molar-refractivity contribution < 1.29 is 14.3 Å². The van der Waals surface area contributed by atoms with E-state index in [-0.39, 0.29) is 5.91 Å². The van der Waals surface area contributed by atoms with Crippen molar-refractivity contribution >= 4 is 5.91 Å². The van der Waals surface area contributed by atoms with Crippen molar-refractivity contribution in [3.8, 4) is 5.75 Å². The van der Waals surface area contributed by atoms with Crippen molar-refractivity contribution in [1.82, 2.24) is 20.3 Å². The predicted molar refractivity (Wildman–Crippen MR) is 85.0 cm³/mol. The normalized spacial score (nSPS) is 11.9. The van der Waals surface area contributed by atoms with Crippen LogP contribution in [0, 0.1) is 0 Å². The Balaban J connectivity index is 1.82. The molecule has 0 saturated carbocycles. The van der Waals surface area contributed by atoms with Crippen LogP contribution in [0.15, 0.2) is 36.5 Å². The second-order valence-corrected chi connectivity index (χ2v) is 5.10. The first-order chi connectivity index (χ1) is 11.2. The van der Waals surface area contributed by atoms with Crippen molar-refractivity contribution in [3.63, 3.8) is 0 Å². The van der Waals surface area contributed by atoms with Crippen LogP contribution < -0.4 is 10.1 Å². The van der Waals surface area contributed by atoms with E-state index in [0.717, 1.165) is 12.2 Å². The van der Waals surface area contributed by atoms with Crippen LogP contribution in [-0.2, 0) is 16.1 Å². The van der Waals surface area contributed by atoms with Gasteiger partial charge in [-0.25, -0.2) is 4.68 Å². The van der Waals surface area contributed by atoms with E-state index >= 15 is 0 Å². The molecule has 0 aliphatic carbocycles. The minimum absolute atomic E-state index is 0.0958. The molecule has 2 aromatic rings. The number of ether oxygens (including phenoxy) is 2. The van der Waals surface area contributed by atoms with Gasteiger partial charge in [0.05, 0.1) is 6.20 Å². The number of methoxy groups -OCH3 is 1. The lowest BCUT2D eigenvalue weighted by molar-refractivity contribution is -0.124. The SMILES string of the molecule is COCCCNC(=O)[C@@H](C)n1cc(COc2ccccc2)nn1. The molecule has 0 fully saturated rings. The number of para-hydroxylation sites is 1. The quantitative estimate of drug-likeness (QED) is 0.710. The first kappa shape index (κ1) is 17.0. The Hall–Kier alpha value is -2.41. The van der Waals surface area contributed by atoms with Gasteiger partial charge in [0.15, 0.2) is 0 Å². The van der Waals surface area contributed by atoms with E-state index in [4.69, 9.17) is 9.47 Å². The Labute approximate surface area is 135 Å². The van der Waals surface area contributed by atoms with Gasteiger partial charge in [0.2, 0.25) is 5.91 Å². The van der Waals surface area contributed by atoms with Crippen LogP contribution >= 0.6 is 0 Å².